The molecule has 0 spiro atoms. The van der Waals surface area contributed by atoms with Gasteiger partial charge in [0.1, 0.15) is 0 Å². The summed E-state index contributed by atoms with van der Waals surface area (Å²) in [6.45, 7) is 1.81. The number of hydrogen-bond acceptors (Lipinski definition) is 5. The molecule has 9 heteroatoms. The van der Waals surface area contributed by atoms with Crippen molar-refractivity contribution in [3.63, 3.8) is 0 Å². The normalized spacial score (nSPS) is 18.5. The minimum atomic E-state index is -3.76. The molecule has 1 aliphatic heterocycles. The van der Waals surface area contributed by atoms with Gasteiger partial charge in [0.2, 0.25) is 15.9 Å². The molecule has 0 aliphatic carbocycles. The van der Waals surface area contributed by atoms with Crippen LogP contribution in [0.4, 0.5) is 0 Å². The summed E-state index contributed by atoms with van der Waals surface area (Å²) in [5.74, 6) is -2.27. The molecule has 1 saturated heterocycles. The van der Waals surface area contributed by atoms with Crippen molar-refractivity contribution in [3.05, 3.63) is 0 Å². The number of likely N-dealkylation sites (N-methyl/N-ethyl adjacent to an activating group) is 1. The maximum atomic E-state index is 11.8. The zero-order valence-electron chi connectivity index (χ0n) is 11.8. The first-order chi connectivity index (χ1) is 9.22. The summed E-state index contributed by atoms with van der Waals surface area (Å²) in [6, 6.07) is 0. The molecule has 116 valence electrons. The number of carbonyl (C=O) groups is 2. The Morgan fingerprint density at radius 3 is 2.35 bits per heavy atom. The molecule has 1 rings (SSSR count). The van der Waals surface area contributed by atoms with E-state index in [0.717, 1.165) is 0 Å². The Bertz CT molecular complexity index is 463. The van der Waals surface area contributed by atoms with Gasteiger partial charge in [0.15, 0.2) is 5.75 Å². The summed E-state index contributed by atoms with van der Waals surface area (Å²) >= 11 is 0. The Morgan fingerprint density at radius 2 is 1.80 bits per heavy atom. The number of sulfonamides is 1. The number of amides is 1. The van der Waals surface area contributed by atoms with E-state index in [1.165, 1.54) is 9.21 Å². The highest BCUT2D eigenvalue weighted by Crippen LogP contribution is 2.09. The van der Waals surface area contributed by atoms with E-state index in [9.17, 15) is 18.0 Å². The summed E-state index contributed by atoms with van der Waals surface area (Å²) in [7, 11) is -0.422. The molecule has 0 aromatic rings. The third-order valence-electron chi connectivity index (χ3n) is 3.10. The first-order valence-electron chi connectivity index (χ1n) is 6.34. The first kappa shape index (κ1) is 16.9. The molecular formula is C11H21N3O5S. The summed E-state index contributed by atoms with van der Waals surface area (Å²) in [6.07, 6.45) is 0.583. The van der Waals surface area contributed by atoms with Crippen molar-refractivity contribution < 1.29 is 23.1 Å². The second-order valence-electron chi connectivity index (χ2n) is 4.97. The van der Waals surface area contributed by atoms with E-state index in [4.69, 9.17) is 5.11 Å². The molecule has 1 amide bonds. The minimum absolute atomic E-state index is 0.0353. The zero-order chi connectivity index (χ0) is 15.3. The topological polar surface area (TPSA) is 98.2 Å². The Morgan fingerprint density at radius 1 is 1.15 bits per heavy atom. The van der Waals surface area contributed by atoms with Crippen molar-refractivity contribution in [1.29, 1.82) is 0 Å². The summed E-state index contributed by atoms with van der Waals surface area (Å²) < 4.78 is 24.9. The van der Waals surface area contributed by atoms with Gasteiger partial charge in [0.05, 0.1) is 6.54 Å². The Labute approximate surface area is 119 Å². The highest BCUT2D eigenvalue weighted by molar-refractivity contribution is 7.89. The van der Waals surface area contributed by atoms with Crippen LogP contribution in [0.25, 0.3) is 0 Å². The molecule has 0 unspecified atom stereocenters. The number of aliphatic carboxylic acids is 1. The summed E-state index contributed by atoms with van der Waals surface area (Å²) in [4.78, 5) is 25.6. The largest absolute Gasteiger partial charge is 0.480 e. The molecular weight excluding hydrogens is 286 g/mol. The van der Waals surface area contributed by atoms with Gasteiger partial charge in [-0.3, -0.25) is 14.5 Å². The van der Waals surface area contributed by atoms with Crippen molar-refractivity contribution in [1.82, 2.24) is 14.1 Å². The molecule has 20 heavy (non-hydrogen) atoms. The number of hydrogen-bond donors (Lipinski definition) is 1. The Balaban J connectivity index is 2.59. The number of rotatable bonds is 5. The van der Waals surface area contributed by atoms with Crippen LogP contribution in [0.15, 0.2) is 0 Å². The molecule has 1 N–H and O–H groups in total. The Hall–Kier alpha value is -1.19. The van der Waals surface area contributed by atoms with Crippen LogP contribution < -0.4 is 0 Å². The second kappa shape index (κ2) is 7.00. The molecule has 0 aromatic heterocycles. The van der Waals surface area contributed by atoms with Gasteiger partial charge in [-0.15, -0.1) is 0 Å². The molecule has 0 saturated carbocycles. The van der Waals surface area contributed by atoms with E-state index in [1.807, 2.05) is 4.90 Å². The minimum Gasteiger partial charge on any atom is -0.480 e. The van der Waals surface area contributed by atoms with Crippen LogP contribution in [0.3, 0.4) is 0 Å². The predicted octanol–water partition coefficient (Wildman–Crippen LogP) is -1.50. The monoisotopic (exact) mass is 307 g/mol. The molecule has 0 bridgehead atoms. The van der Waals surface area contributed by atoms with Crippen LogP contribution >= 0.6 is 0 Å². The first-order valence-corrected chi connectivity index (χ1v) is 7.95. The van der Waals surface area contributed by atoms with Crippen LogP contribution in [0.2, 0.25) is 0 Å². The molecule has 1 heterocycles. The maximum absolute atomic E-state index is 11.8. The van der Waals surface area contributed by atoms with Gasteiger partial charge in [-0.05, 0) is 13.0 Å². The molecule has 0 aromatic carbocycles. The van der Waals surface area contributed by atoms with Gasteiger partial charge < -0.3 is 10.0 Å². The fourth-order valence-corrected chi connectivity index (χ4v) is 3.23. The van der Waals surface area contributed by atoms with Crippen LogP contribution in [-0.4, -0.2) is 92.1 Å². The highest BCUT2D eigenvalue weighted by Gasteiger charge is 2.27. The lowest BCUT2D eigenvalue weighted by atomic mass is 10.4. The van der Waals surface area contributed by atoms with E-state index in [2.05, 4.69) is 0 Å². The van der Waals surface area contributed by atoms with E-state index in [1.54, 1.807) is 14.1 Å². The standard InChI is InChI=1S/C11H21N3O5S/c1-12(2)10(15)8-13-4-3-5-14(7-6-13)20(18,19)9-11(16)17/h3-9H2,1-2H3,(H,16,17). The molecule has 1 fully saturated rings. The van der Waals surface area contributed by atoms with E-state index in [0.29, 0.717) is 26.1 Å². The predicted molar refractivity (Wildman–Crippen MR) is 72.7 cm³/mol. The third-order valence-corrected chi connectivity index (χ3v) is 4.87. The van der Waals surface area contributed by atoms with Crippen LogP contribution in [0.1, 0.15) is 6.42 Å². The van der Waals surface area contributed by atoms with Gasteiger partial charge in [-0.1, -0.05) is 0 Å². The summed E-state index contributed by atoms with van der Waals surface area (Å²) in [5.41, 5.74) is 0. The number of carbonyl (C=O) groups excluding carboxylic acids is 1. The quantitative estimate of drug-likeness (QED) is 0.663. The van der Waals surface area contributed by atoms with E-state index in [-0.39, 0.29) is 19.0 Å². The lowest BCUT2D eigenvalue weighted by Gasteiger charge is -2.22. The lowest BCUT2D eigenvalue weighted by molar-refractivity contribution is -0.134. The van der Waals surface area contributed by atoms with Crippen molar-refractivity contribution >= 4 is 21.9 Å². The smallest absolute Gasteiger partial charge is 0.320 e. The van der Waals surface area contributed by atoms with E-state index < -0.39 is 21.7 Å². The van der Waals surface area contributed by atoms with Crippen LogP contribution in [-0.2, 0) is 19.6 Å². The van der Waals surface area contributed by atoms with Gasteiger partial charge >= 0.3 is 5.97 Å². The average molecular weight is 307 g/mol. The van der Waals surface area contributed by atoms with Gasteiger partial charge in [0.25, 0.3) is 0 Å². The summed E-state index contributed by atoms with van der Waals surface area (Å²) in [5, 5.41) is 8.62. The van der Waals surface area contributed by atoms with Crippen LogP contribution in [0, 0.1) is 0 Å². The van der Waals surface area contributed by atoms with Crippen LogP contribution in [0.5, 0.6) is 0 Å². The van der Waals surface area contributed by atoms with Crippen molar-refractivity contribution in [2.45, 2.75) is 6.42 Å². The Kier molecular flexibility index (Phi) is 5.90. The fourth-order valence-electron chi connectivity index (χ4n) is 1.96. The fraction of sp³-hybridized carbons (Fsp3) is 0.818. The zero-order valence-corrected chi connectivity index (χ0v) is 12.6. The maximum Gasteiger partial charge on any atom is 0.320 e. The molecule has 0 atom stereocenters. The molecule has 8 nitrogen and oxygen atoms in total. The molecule has 1 aliphatic rings. The van der Waals surface area contributed by atoms with Gasteiger partial charge in [-0.2, -0.15) is 0 Å². The van der Waals surface area contributed by atoms with Crippen molar-refractivity contribution in [3.8, 4) is 0 Å². The third kappa shape index (κ3) is 5.06. The number of carboxylic acids is 1. The molecule has 0 radical (unpaired) electrons. The lowest BCUT2D eigenvalue weighted by Crippen LogP contribution is -2.40. The number of nitrogens with zero attached hydrogens (tertiary/aromatic N) is 3. The second-order valence-corrected chi connectivity index (χ2v) is 6.94. The van der Waals surface area contributed by atoms with Crippen molar-refractivity contribution in [2.24, 2.45) is 0 Å². The average Bonchev–Trinajstić information content (AvgIpc) is 2.53. The van der Waals surface area contributed by atoms with Gasteiger partial charge in [0, 0.05) is 33.7 Å². The van der Waals surface area contributed by atoms with E-state index >= 15 is 0 Å². The highest BCUT2D eigenvalue weighted by atomic mass is 32.2. The number of carboxylic acid groups (broad SMARTS) is 1. The van der Waals surface area contributed by atoms with Crippen molar-refractivity contribution in [2.75, 3.05) is 52.6 Å². The van der Waals surface area contributed by atoms with Gasteiger partial charge in [-0.25, -0.2) is 12.7 Å². The SMILES string of the molecule is CN(C)C(=O)CN1CCCN(S(=O)(=O)CC(=O)O)CC1.